The smallest absolute Gasteiger partial charge is 0.0618 e. The summed E-state index contributed by atoms with van der Waals surface area (Å²) in [5.41, 5.74) is 5.51. The first-order valence-electron chi connectivity index (χ1n) is 5.31. The Morgan fingerprint density at radius 1 is 1.46 bits per heavy atom. The molecule has 0 aromatic heterocycles. The highest BCUT2D eigenvalue weighted by molar-refractivity contribution is 4.76. The van der Waals surface area contributed by atoms with Gasteiger partial charge in [0.2, 0.25) is 0 Å². The Morgan fingerprint density at radius 3 is 3.00 bits per heavy atom. The lowest BCUT2D eigenvalue weighted by Gasteiger charge is -2.35. The van der Waals surface area contributed by atoms with Crippen LogP contribution in [0, 0.1) is 0 Å². The van der Waals surface area contributed by atoms with E-state index in [0.717, 1.165) is 26.1 Å². The lowest BCUT2D eigenvalue weighted by atomic mass is 10.0. The van der Waals surface area contributed by atoms with Crippen LogP contribution >= 0.6 is 0 Å². The van der Waals surface area contributed by atoms with Gasteiger partial charge in [-0.1, -0.05) is 6.42 Å². The van der Waals surface area contributed by atoms with Gasteiger partial charge in [-0.2, -0.15) is 0 Å². The number of ether oxygens (including phenoxy) is 1. The van der Waals surface area contributed by atoms with E-state index in [1.165, 1.54) is 25.8 Å². The van der Waals surface area contributed by atoms with E-state index in [1.807, 2.05) is 0 Å². The Balaban J connectivity index is 2.28. The maximum Gasteiger partial charge on any atom is 0.0618 e. The van der Waals surface area contributed by atoms with Crippen molar-refractivity contribution < 1.29 is 4.74 Å². The summed E-state index contributed by atoms with van der Waals surface area (Å²) in [5, 5.41) is 0. The molecule has 3 heteroatoms. The molecule has 0 spiro atoms. The minimum Gasteiger partial charge on any atom is -0.383 e. The third-order valence-electron chi connectivity index (χ3n) is 2.76. The van der Waals surface area contributed by atoms with Crippen LogP contribution in [0.1, 0.15) is 25.7 Å². The number of hydrogen-bond donors (Lipinski definition) is 1. The third kappa shape index (κ3) is 3.63. The van der Waals surface area contributed by atoms with Crippen molar-refractivity contribution in [3.63, 3.8) is 0 Å². The molecule has 1 saturated heterocycles. The quantitative estimate of drug-likeness (QED) is 0.691. The molecule has 0 aromatic carbocycles. The average molecular weight is 186 g/mol. The first-order chi connectivity index (χ1) is 6.38. The average Bonchev–Trinajstić information content (AvgIpc) is 2.17. The van der Waals surface area contributed by atoms with Crippen LogP contribution in [0.15, 0.2) is 0 Å². The van der Waals surface area contributed by atoms with Gasteiger partial charge in [-0.05, 0) is 38.9 Å². The van der Waals surface area contributed by atoms with Gasteiger partial charge in [0.05, 0.1) is 6.61 Å². The summed E-state index contributed by atoms with van der Waals surface area (Å²) in [4.78, 5) is 2.53. The lowest BCUT2D eigenvalue weighted by molar-refractivity contribution is 0.0647. The van der Waals surface area contributed by atoms with Gasteiger partial charge in [-0.15, -0.1) is 0 Å². The maximum absolute atomic E-state index is 5.51. The minimum atomic E-state index is 0.644. The van der Waals surface area contributed by atoms with Crippen molar-refractivity contribution in [2.75, 3.05) is 33.4 Å². The zero-order valence-electron chi connectivity index (χ0n) is 8.67. The van der Waals surface area contributed by atoms with Crippen LogP contribution in [-0.2, 0) is 4.74 Å². The molecule has 1 fully saturated rings. The zero-order valence-corrected chi connectivity index (χ0v) is 8.67. The van der Waals surface area contributed by atoms with Crippen LogP contribution in [0.5, 0.6) is 0 Å². The molecule has 1 heterocycles. The largest absolute Gasteiger partial charge is 0.383 e. The van der Waals surface area contributed by atoms with E-state index in [2.05, 4.69) is 4.90 Å². The fourth-order valence-electron chi connectivity index (χ4n) is 2.03. The van der Waals surface area contributed by atoms with Crippen LogP contribution in [0.4, 0.5) is 0 Å². The van der Waals surface area contributed by atoms with Crippen molar-refractivity contribution in [3.8, 4) is 0 Å². The first kappa shape index (κ1) is 11.0. The third-order valence-corrected chi connectivity index (χ3v) is 2.76. The number of methoxy groups -OCH3 is 1. The molecule has 0 aromatic rings. The lowest BCUT2D eigenvalue weighted by Crippen LogP contribution is -2.43. The molecule has 13 heavy (non-hydrogen) atoms. The molecule has 1 atom stereocenters. The summed E-state index contributed by atoms with van der Waals surface area (Å²) >= 11 is 0. The van der Waals surface area contributed by atoms with Crippen molar-refractivity contribution in [1.29, 1.82) is 0 Å². The molecule has 0 aliphatic carbocycles. The summed E-state index contributed by atoms with van der Waals surface area (Å²) in [5.74, 6) is 0. The number of hydrogen-bond acceptors (Lipinski definition) is 3. The number of nitrogens with two attached hydrogens (primary N) is 1. The molecular formula is C10H22N2O. The van der Waals surface area contributed by atoms with Gasteiger partial charge in [0.25, 0.3) is 0 Å². The number of piperidine rings is 1. The van der Waals surface area contributed by atoms with Crippen molar-refractivity contribution in [2.45, 2.75) is 31.7 Å². The molecule has 1 rings (SSSR count). The molecule has 0 radical (unpaired) electrons. The topological polar surface area (TPSA) is 38.5 Å². The second kappa shape index (κ2) is 6.35. The molecule has 0 amide bonds. The van der Waals surface area contributed by atoms with E-state index in [-0.39, 0.29) is 0 Å². The Hall–Kier alpha value is -0.120. The van der Waals surface area contributed by atoms with Gasteiger partial charge in [0.1, 0.15) is 0 Å². The molecule has 0 unspecified atom stereocenters. The summed E-state index contributed by atoms with van der Waals surface area (Å²) in [6.45, 7) is 4.05. The van der Waals surface area contributed by atoms with E-state index in [0.29, 0.717) is 6.04 Å². The number of rotatable bonds is 5. The van der Waals surface area contributed by atoms with Crippen LogP contribution in [0.2, 0.25) is 0 Å². The highest BCUT2D eigenvalue weighted by Gasteiger charge is 2.20. The van der Waals surface area contributed by atoms with Gasteiger partial charge in [0.15, 0.2) is 0 Å². The number of likely N-dealkylation sites (tertiary alicyclic amines) is 1. The molecule has 0 bridgehead atoms. The second-order valence-electron chi connectivity index (χ2n) is 3.78. The summed E-state index contributed by atoms with van der Waals surface area (Å²) in [7, 11) is 1.79. The van der Waals surface area contributed by atoms with E-state index < -0.39 is 0 Å². The Bertz CT molecular complexity index is 128. The Morgan fingerprint density at radius 2 is 2.31 bits per heavy atom. The van der Waals surface area contributed by atoms with E-state index in [4.69, 9.17) is 10.5 Å². The van der Waals surface area contributed by atoms with Crippen molar-refractivity contribution in [2.24, 2.45) is 5.73 Å². The summed E-state index contributed by atoms with van der Waals surface area (Å²) in [6, 6.07) is 0.644. The van der Waals surface area contributed by atoms with Crippen LogP contribution in [-0.4, -0.2) is 44.3 Å². The molecule has 3 nitrogen and oxygen atoms in total. The van der Waals surface area contributed by atoms with E-state index in [9.17, 15) is 0 Å². The van der Waals surface area contributed by atoms with E-state index >= 15 is 0 Å². The van der Waals surface area contributed by atoms with Crippen molar-refractivity contribution >= 4 is 0 Å². The van der Waals surface area contributed by atoms with Gasteiger partial charge in [-0.25, -0.2) is 0 Å². The van der Waals surface area contributed by atoms with Gasteiger partial charge in [0, 0.05) is 13.2 Å². The predicted octanol–water partition coefficient (Wildman–Crippen LogP) is 0.836. The normalized spacial score (nSPS) is 24.9. The van der Waals surface area contributed by atoms with Gasteiger partial charge in [-0.3, -0.25) is 4.90 Å². The zero-order chi connectivity index (χ0) is 9.52. The fourth-order valence-corrected chi connectivity index (χ4v) is 2.03. The Labute approximate surface area is 81.2 Å². The molecule has 0 saturated carbocycles. The minimum absolute atomic E-state index is 0.644. The molecule has 1 aliphatic rings. The molecular weight excluding hydrogens is 164 g/mol. The predicted molar refractivity (Wildman–Crippen MR) is 54.8 cm³/mol. The maximum atomic E-state index is 5.51. The van der Waals surface area contributed by atoms with Crippen LogP contribution in [0.25, 0.3) is 0 Å². The standard InChI is InChI=1S/C10H22N2O/c1-13-9-10-5-2-3-7-12(10)8-4-6-11/h10H,2-9,11H2,1H3/t10-/m0/s1. The van der Waals surface area contributed by atoms with E-state index in [1.54, 1.807) is 7.11 Å². The summed E-state index contributed by atoms with van der Waals surface area (Å²) in [6.07, 6.45) is 5.09. The van der Waals surface area contributed by atoms with Gasteiger partial charge < -0.3 is 10.5 Å². The monoisotopic (exact) mass is 186 g/mol. The fraction of sp³-hybridized carbons (Fsp3) is 1.00. The van der Waals surface area contributed by atoms with Gasteiger partial charge >= 0.3 is 0 Å². The molecule has 78 valence electrons. The summed E-state index contributed by atoms with van der Waals surface area (Å²) < 4.78 is 5.22. The number of nitrogens with zero attached hydrogens (tertiary/aromatic N) is 1. The Kier molecular flexibility index (Phi) is 5.35. The van der Waals surface area contributed by atoms with Crippen LogP contribution in [0.3, 0.4) is 0 Å². The van der Waals surface area contributed by atoms with Crippen molar-refractivity contribution in [1.82, 2.24) is 4.90 Å². The highest BCUT2D eigenvalue weighted by Crippen LogP contribution is 2.16. The molecule has 2 N–H and O–H groups in total. The van der Waals surface area contributed by atoms with Crippen molar-refractivity contribution in [3.05, 3.63) is 0 Å². The SMILES string of the molecule is COC[C@@H]1CCCCN1CCCN. The highest BCUT2D eigenvalue weighted by atomic mass is 16.5. The second-order valence-corrected chi connectivity index (χ2v) is 3.78. The molecule has 1 aliphatic heterocycles. The van der Waals surface area contributed by atoms with Crippen LogP contribution < -0.4 is 5.73 Å². The first-order valence-corrected chi connectivity index (χ1v) is 5.31.